The molecule has 3 rings (SSSR count). The average Bonchev–Trinajstić information content (AvgIpc) is 2.83. The number of hydrogen-bond acceptors (Lipinski definition) is 2. The van der Waals surface area contributed by atoms with Gasteiger partial charge in [-0.2, -0.15) is 0 Å². The van der Waals surface area contributed by atoms with Gasteiger partial charge in [-0.1, -0.05) is 75.1 Å². The molecule has 1 aliphatic carbocycles. The van der Waals surface area contributed by atoms with Gasteiger partial charge >= 0.3 is 0 Å². The summed E-state index contributed by atoms with van der Waals surface area (Å²) >= 11 is 2.22. The van der Waals surface area contributed by atoms with Gasteiger partial charge < -0.3 is 10.2 Å². The summed E-state index contributed by atoms with van der Waals surface area (Å²) < 4.78 is 0.911. The lowest BCUT2D eigenvalue weighted by Crippen LogP contribution is -2.54. The molecule has 0 bridgehead atoms. The Morgan fingerprint density at radius 2 is 1.69 bits per heavy atom. The Morgan fingerprint density at radius 1 is 1.03 bits per heavy atom. The van der Waals surface area contributed by atoms with E-state index in [1.165, 1.54) is 6.42 Å². The van der Waals surface area contributed by atoms with Crippen molar-refractivity contribution in [2.75, 3.05) is 6.54 Å². The third-order valence-electron chi connectivity index (χ3n) is 6.53. The molecule has 5 heteroatoms. The lowest BCUT2D eigenvalue weighted by Gasteiger charge is -2.41. The largest absolute Gasteiger partial charge is 0.354 e. The van der Waals surface area contributed by atoms with Crippen LogP contribution in [-0.4, -0.2) is 29.3 Å². The van der Waals surface area contributed by atoms with Crippen molar-refractivity contribution in [2.24, 2.45) is 5.92 Å². The maximum absolute atomic E-state index is 14.0. The highest BCUT2D eigenvalue weighted by molar-refractivity contribution is 14.1. The van der Waals surface area contributed by atoms with Crippen LogP contribution < -0.4 is 5.32 Å². The summed E-state index contributed by atoms with van der Waals surface area (Å²) in [6.45, 7) is 4.83. The van der Waals surface area contributed by atoms with Crippen molar-refractivity contribution in [2.45, 2.75) is 70.9 Å². The van der Waals surface area contributed by atoms with Gasteiger partial charge in [0.15, 0.2) is 0 Å². The van der Waals surface area contributed by atoms with Crippen LogP contribution in [0.3, 0.4) is 0 Å². The SMILES string of the molecule is CCCCNC(=O)C(C1CCCCC1)N(C(=O)c1ccccc1I)C(C)c1ccccc1. The highest BCUT2D eigenvalue weighted by Crippen LogP contribution is 2.35. The van der Waals surface area contributed by atoms with Gasteiger partial charge in [0.1, 0.15) is 6.04 Å². The molecule has 0 aromatic heterocycles. The molecule has 1 N–H and O–H groups in total. The number of carbonyl (C=O) groups is 2. The van der Waals surface area contributed by atoms with Crippen molar-refractivity contribution in [3.8, 4) is 0 Å². The number of amides is 2. The molecule has 172 valence electrons. The van der Waals surface area contributed by atoms with Crippen LogP contribution in [0.1, 0.15) is 80.8 Å². The third kappa shape index (κ3) is 6.12. The van der Waals surface area contributed by atoms with Crippen molar-refractivity contribution in [3.05, 3.63) is 69.3 Å². The zero-order chi connectivity index (χ0) is 22.9. The molecule has 2 aromatic rings. The number of hydrogen-bond donors (Lipinski definition) is 1. The third-order valence-corrected chi connectivity index (χ3v) is 7.47. The van der Waals surface area contributed by atoms with Crippen molar-refractivity contribution in [3.63, 3.8) is 0 Å². The Hall–Kier alpha value is -1.89. The van der Waals surface area contributed by atoms with E-state index in [0.717, 1.165) is 47.7 Å². The summed E-state index contributed by atoms with van der Waals surface area (Å²) in [4.78, 5) is 29.5. The Morgan fingerprint density at radius 3 is 2.34 bits per heavy atom. The molecule has 0 radical (unpaired) electrons. The minimum atomic E-state index is -0.467. The van der Waals surface area contributed by atoms with Crippen molar-refractivity contribution in [1.82, 2.24) is 10.2 Å². The number of nitrogens with zero attached hydrogens (tertiary/aromatic N) is 1. The second-order valence-corrected chi connectivity index (χ2v) is 9.93. The topological polar surface area (TPSA) is 49.4 Å². The van der Waals surface area contributed by atoms with E-state index in [9.17, 15) is 9.59 Å². The summed E-state index contributed by atoms with van der Waals surface area (Å²) in [6.07, 6.45) is 7.40. The van der Waals surface area contributed by atoms with E-state index in [2.05, 4.69) is 41.8 Å². The lowest BCUT2D eigenvalue weighted by molar-refractivity contribution is -0.128. The number of carbonyl (C=O) groups excluding carboxylic acids is 2. The minimum absolute atomic E-state index is 0.00702. The van der Waals surface area contributed by atoms with Crippen LogP contribution in [0, 0.1) is 9.49 Å². The molecule has 0 spiro atoms. The molecule has 4 nitrogen and oxygen atoms in total. The Kier molecular flexibility index (Phi) is 9.57. The molecule has 2 unspecified atom stereocenters. The fourth-order valence-electron chi connectivity index (χ4n) is 4.72. The second kappa shape index (κ2) is 12.4. The summed E-state index contributed by atoms with van der Waals surface area (Å²) in [5, 5.41) is 3.15. The summed E-state index contributed by atoms with van der Waals surface area (Å²) in [5.74, 6) is 0.113. The van der Waals surface area contributed by atoms with Crippen molar-refractivity contribution < 1.29 is 9.59 Å². The predicted octanol–water partition coefficient (Wildman–Crippen LogP) is 6.36. The Labute approximate surface area is 206 Å². The fraction of sp³-hybridized carbons (Fsp3) is 0.481. The van der Waals surface area contributed by atoms with Crippen LogP contribution >= 0.6 is 22.6 Å². The molecule has 0 heterocycles. The van der Waals surface area contributed by atoms with Crippen LogP contribution in [0.25, 0.3) is 0 Å². The number of rotatable bonds is 9. The number of unbranched alkanes of at least 4 members (excludes halogenated alkanes) is 1. The summed E-state index contributed by atoms with van der Waals surface area (Å²) in [5.41, 5.74) is 1.71. The normalized spacial score (nSPS) is 16.2. The first-order chi connectivity index (χ1) is 15.5. The average molecular weight is 546 g/mol. The van der Waals surface area contributed by atoms with Crippen molar-refractivity contribution >= 4 is 34.4 Å². The van der Waals surface area contributed by atoms with E-state index in [1.54, 1.807) is 0 Å². The van der Waals surface area contributed by atoms with E-state index >= 15 is 0 Å². The van der Waals surface area contributed by atoms with Gasteiger partial charge in [-0.25, -0.2) is 0 Å². The molecular formula is C27H35IN2O2. The van der Waals surface area contributed by atoms with E-state index in [-0.39, 0.29) is 23.8 Å². The molecule has 1 saturated carbocycles. The van der Waals surface area contributed by atoms with Gasteiger partial charge in [0.05, 0.1) is 11.6 Å². The quantitative estimate of drug-likeness (QED) is 0.294. The van der Waals surface area contributed by atoms with Crippen LogP contribution in [-0.2, 0) is 4.79 Å². The van der Waals surface area contributed by atoms with Gasteiger partial charge in [-0.3, -0.25) is 9.59 Å². The van der Waals surface area contributed by atoms with Gasteiger partial charge in [-0.15, -0.1) is 0 Å². The van der Waals surface area contributed by atoms with E-state index in [1.807, 2.05) is 59.5 Å². The first kappa shape index (κ1) is 24.7. The summed E-state index contributed by atoms with van der Waals surface area (Å²) in [6, 6.07) is 17.1. The van der Waals surface area contributed by atoms with Crippen LogP contribution in [0.15, 0.2) is 54.6 Å². The van der Waals surface area contributed by atoms with Gasteiger partial charge in [0.25, 0.3) is 5.91 Å². The second-order valence-electron chi connectivity index (χ2n) is 8.77. The van der Waals surface area contributed by atoms with Gasteiger partial charge in [0.2, 0.25) is 5.91 Å². The standard InChI is InChI=1S/C27H35IN2O2/c1-3-4-19-29-26(31)25(22-15-9-6-10-16-22)30(20(2)21-13-7-5-8-14-21)27(32)23-17-11-12-18-24(23)28/h5,7-8,11-14,17-18,20,22,25H,3-4,6,9-10,15-16,19H2,1-2H3,(H,29,31). The smallest absolute Gasteiger partial charge is 0.256 e. The van der Waals surface area contributed by atoms with E-state index < -0.39 is 6.04 Å². The van der Waals surface area contributed by atoms with Crippen LogP contribution in [0.5, 0.6) is 0 Å². The number of benzene rings is 2. The maximum Gasteiger partial charge on any atom is 0.256 e. The molecule has 1 aliphatic rings. The minimum Gasteiger partial charge on any atom is -0.354 e. The zero-order valence-electron chi connectivity index (χ0n) is 19.2. The Balaban J connectivity index is 2.04. The predicted molar refractivity (Wildman–Crippen MR) is 138 cm³/mol. The fourth-order valence-corrected chi connectivity index (χ4v) is 5.34. The number of halogens is 1. The highest BCUT2D eigenvalue weighted by atomic mass is 127. The van der Waals surface area contributed by atoms with Gasteiger partial charge in [0, 0.05) is 10.1 Å². The maximum atomic E-state index is 14.0. The zero-order valence-corrected chi connectivity index (χ0v) is 21.4. The van der Waals surface area contributed by atoms with Gasteiger partial charge in [-0.05, 0) is 72.4 Å². The lowest BCUT2D eigenvalue weighted by atomic mass is 9.81. The summed E-state index contributed by atoms with van der Waals surface area (Å²) in [7, 11) is 0. The molecule has 0 saturated heterocycles. The Bertz CT molecular complexity index is 880. The van der Waals surface area contributed by atoms with Crippen LogP contribution in [0.2, 0.25) is 0 Å². The highest BCUT2D eigenvalue weighted by Gasteiger charge is 2.40. The molecular weight excluding hydrogens is 511 g/mol. The molecule has 2 atom stereocenters. The monoisotopic (exact) mass is 546 g/mol. The first-order valence-corrected chi connectivity index (χ1v) is 13.0. The first-order valence-electron chi connectivity index (χ1n) is 11.9. The number of nitrogens with one attached hydrogen (secondary N) is 1. The van der Waals surface area contributed by atoms with E-state index in [4.69, 9.17) is 0 Å². The van der Waals surface area contributed by atoms with Crippen molar-refractivity contribution in [1.29, 1.82) is 0 Å². The van der Waals surface area contributed by atoms with E-state index in [0.29, 0.717) is 12.1 Å². The molecule has 0 aliphatic heterocycles. The molecule has 2 aromatic carbocycles. The molecule has 1 fully saturated rings. The molecule has 32 heavy (non-hydrogen) atoms. The molecule has 2 amide bonds. The van der Waals surface area contributed by atoms with Crippen LogP contribution in [0.4, 0.5) is 0 Å².